The van der Waals surface area contributed by atoms with Crippen molar-refractivity contribution in [1.82, 2.24) is 4.57 Å². The molecule has 190 valence electrons. The number of aryl methyl sites for hydroxylation is 2. The molecule has 37 heavy (non-hydrogen) atoms. The lowest BCUT2D eigenvalue weighted by Gasteiger charge is -2.16. The summed E-state index contributed by atoms with van der Waals surface area (Å²) in [5, 5.41) is 3.07. The van der Waals surface area contributed by atoms with Crippen molar-refractivity contribution in [2.24, 2.45) is 0 Å². The van der Waals surface area contributed by atoms with Gasteiger partial charge in [-0.2, -0.15) is 0 Å². The van der Waals surface area contributed by atoms with E-state index in [1.807, 2.05) is 19.9 Å². The minimum absolute atomic E-state index is 0.0415. The summed E-state index contributed by atoms with van der Waals surface area (Å²) in [6.45, 7) is 3.71. The molecule has 8 heteroatoms. The standard InChI is InChI=1S/C29H28N2O6/c1-17-6-7-19(12-18(17)2)28(33)23-15-31(16-27(32)30-20-8-10-21(35-3)11-9-20)24-14-26(37-5)25(36-4)13-22(24)29(23)34/h6-15H,16H2,1-5H3,(H,30,32). The molecule has 0 saturated heterocycles. The topological polar surface area (TPSA) is 95.9 Å². The van der Waals surface area contributed by atoms with E-state index in [4.69, 9.17) is 14.2 Å². The lowest BCUT2D eigenvalue weighted by atomic mass is 9.98. The first-order chi connectivity index (χ1) is 17.7. The lowest BCUT2D eigenvalue weighted by molar-refractivity contribution is -0.116. The van der Waals surface area contributed by atoms with Crippen LogP contribution >= 0.6 is 0 Å². The number of carbonyl (C=O) groups is 2. The quantitative estimate of drug-likeness (QED) is 0.358. The van der Waals surface area contributed by atoms with Gasteiger partial charge in [-0.15, -0.1) is 0 Å². The van der Waals surface area contributed by atoms with Crippen molar-refractivity contribution in [3.8, 4) is 17.2 Å². The van der Waals surface area contributed by atoms with E-state index in [1.165, 1.54) is 26.5 Å². The predicted octanol–water partition coefficient (Wildman–Crippen LogP) is 4.51. The first-order valence-electron chi connectivity index (χ1n) is 11.6. The van der Waals surface area contributed by atoms with Crippen LogP contribution in [-0.4, -0.2) is 37.6 Å². The molecule has 0 atom stereocenters. The highest BCUT2D eigenvalue weighted by molar-refractivity contribution is 6.10. The van der Waals surface area contributed by atoms with E-state index in [0.29, 0.717) is 34.0 Å². The van der Waals surface area contributed by atoms with Crippen LogP contribution in [0.25, 0.3) is 10.9 Å². The maximum absolute atomic E-state index is 13.5. The molecule has 0 radical (unpaired) electrons. The average Bonchev–Trinajstić information content (AvgIpc) is 2.91. The lowest BCUT2D eigenvalue weighted by Crippen LogP contribution is -2.24. The highest BCUT2D eigenvalue weighted by Crippen LogP contribution is 2.31. The number of anilines is 1. The number of nitrogens with one attached hydrogen (secondary N) is 1. The van der Waals surface area contributed by atoms with E-state index < -0.39 is 11.2 Å². The van der Waals surface area contributed by atoms with Crippen molar-refractivity contribution in [1.29, 1.82) is 0 Å². The Labute approximate surface area is 214 Å². The molecule has 8 nitrogen and oxygen atoms in total. The number of ether oxygens (including phenoxy) is 3. The zero-order chi connectivity index (χ0) is 26.7. The molecule has 4 aromatic rings. The van der Waals surface area contributed by atoms with Crippen LogP contribution in [0.2, 0.25) is 0 Å². The maximum Gasteiger partial charge on any atom is 0.244 e. The largest absolute Gasteiger partial charge is 0.497 e. The second-order valence-electron chi connectivity index (χ2n) is 8.63. The van der Waals surface area contributed by atoms with Gasteiger partial charge >= 0.3 is 0 Å². The van der Waals surface area contributed by atoms with E-state index in [1.54, 1.807) is 54.1 Å². The van der Waals surface area contributed by atoms with Gasteiger partial charge in [-0.1, -0.05) is 12.1 Å². The molecule has 0 aliphatic carbocycles. The summed E-state index contributed by atoms with van der Waals surface area (Å²) in [7, 11) is 4.52. The molecule has 3 aromatic carbocycles. The normalized spacial score (nSPS) is 10.7. The van der Waals surface area contributed by atoms with E-state index in [-0.39, 0.29) is 23.4 Å². The number of methoxy groups -OCH3 is 3. The van der Waals surface area contributed by atoms with Crippen molar-refractivity contribution in [3.63, 3.8) is 0 Å². The minimum atomic E-state index is -0.453. The fraction of sp³-hybridized carbons (Fsp3) is 0.207. The fourth-order valence-corrected chi connectivity index (χ4v) is 4.08. The van der Waals surface area contributed by atoms with Gasteiger partial charge in [0.05, 0.1) is 37.8 Å². The van der Waals surface area contributed by atoms with Crippen LogP contribution in [0.1, 0.15) is 27.0 Å². The molecule has 1 aromatic heterocycles. The molecule has 4 rings (SSSR count). The van der Waals surface area contributed by atoms with Crippen LogP contribution in [0.3, 0.4) is 0 Å². The molecular formula is C29H28N2O6. The molecule has 0 aliphatic rings. The van der Waals surface area contributed by atoms with Crippen molar-refractivity contribution < 1.29 is 23.8 Å². The smallest absolute Gasteiger partial charge is 0.244 e. The summed E-state index contributed by atoms with van der Waals surface area (Å²) >= 11 is 0. The third kappa shape index (κ3) is 5.18. The molecule has 0 fully saturated rings. The highest BCUT2D eigenvalue weighted by Gasteiger charge is 2.21. The Balaban J connectivity index is 1.81. The van der Waals surface area contributed by atoms with Crippen LogP contribution < -0.4 is 25.0 Å². The fourth-order valence-electron chi connectivity index (χ4n) is 4.08. The number of pyridine rings is 1. The van der Waals surface area contributed by atoms with Crippen molar-refractivity contribution in [2.75, 3.05) is 26.6 Å². The summed E-state index contributed by atoms with van der Waals surface area (Å²) < 4.78 is 17.5. The van der Waals surface area contributed by atoms with Crippen molar-refractivity contribution in [3.05, 3.63) is 93.3 Å². The van der Waals surface area contributed by atoms with Gasteiger partial charge in [0, 0.05) is 23.5 Å². The van der Waals surface area contributed by atoms with E-state index in [9.17, 15) is 14.4 Å². The molecule has 1 heterocycles. The van der Waals surface area contributed by atoms with Gasteiger partial charge in [-0.25, -0.2) is 0 Å². The third-order valence-corrected chi connectivity index (χ3v) is 6.29. The van der Waals surface area contributed by atoms with E-state index in [2.05, 4.69) is 5.32 Å². The number of amides is 1. The van der Waals surface area contributed by atoms with Gasteiger partial charge in [0.15, 0.2) is 17.3 Å². The monoisotopic (exact) mass is 500 g/mol. The molecular weight excluding hydrogens is 472 g/mol. The third-order valence-electron chi connectivity index (χ3n) is 6.29. The van der Waals surface area contributed by atoms with Crippen LogP contribution in [0.15, 0.2) is 65.6 Å². The van der Waals surface area contributed by atoms with Gasteiger partial charge in [0.25, 0.3) is 0 Å². The first kappa shape index (κ1) is 25.5. The van der Waals surface area contributed by atoms with Crippen LogP contribution in [0.5, 0.6) is 17.2 Å². The Bertz CT molecular complexity index is 1550. The summed E-state index contributed by atoms with van der Waals surface area (Å²) in [6, 6.07) is 15.4. The number of carbonyl (C=O) groups excluding carboxylic acids is 2. The van der Waals surface area contributed by atoms with E-state index >= 15 is 0 Å². The molecule has 0 spiro atoms. The second-order valence-corrected chi connectivity index (χ2v) is 8.63. The van der Waals surface area contributed by atoms with E-state index in [0.717, 1.165) is 11.1 Å². The van der Waals surface area contributed by atoms with Gasteiger partial charge in [0.2, 0.25) is 11.3 Å². The number of rotatable bonds is 8. The minimum Gasteiger partial charge on any atom is -0.497 e. The van der Waals surface area contributed by atoms with Crippen molar-refractivity contribution >= 4 is 28.3 Å². The Hall–Kier alpha value is -4.59. The molecule has 1 amide bonds. The number of hydrogen-bond donors (Lipinski definition) is 1. The number of fused-ring (bicyclic) bond motifs is 1. The molecule has 0 unspecified atom stereocenters. The maximum atomic E-state index is 13.5. The Morgan fingerprint density at radius 2 is 1.51 bits per heavy atom. The molecule has 0 saturated carbocycles. The van der Waals surface area contributed by atoms with Gasteiger partial charge in [-0.3, -0.25) is 14.4 Å². The number of benzene rings is 3. The molecule has 1 N–H and O–H groups in total. The van der Waals surface area contributed by atoms with Gasteiger partial charge < -0.3 is 24.1 Å². The number of ketones is 1. The Kier molecular flexibility index (Phi) is 7.29. The molecule has 0 aliphatic heterocycles. The van der Waals surface area contributed by atoms with Crippen LogP contribution in [0, 0.1) is 13.8 Å². The first-order valence-corrected chi connectivity index (χ1v) is 11.6. The number of aromatic nitrogens is 1. The number of nitrogens with zero attached hydrogens (tertiary/aromatic N) is 1. The SMILES string of the molecule is COc1ccc(NC(=O)Cn2cc(C(=O)c3ccc(C)c(C)c3)c(=O)c3cc(OC)c(OC)cc32)cc1. The molecule has 0 bridgehead atoms. The Morgan fingerprint density at radius 1 is 0.838 bits per heavy atom. The zero-order valence-electron chi connectivity index (χ0n) is 21.4. The summed E-state index contributed by atoms with van der Waals surface area (Å²) in [4.78, 5) is 40.0. The zero-order valence-corrected chi connectivity index (χ0v) is 21.4. The van der Waals surface area contributed by atoms with Crippen LogP contribution in [-0.2, 0) is 11.3 Å². The van der Waals surface area contributed by atoms with Crippen molar-refractivity contribution in [2.45, 2.75) is 20.4 Å². The summed E-state index contributed by atoms with van der Waals surface area (Å²) in [6.07, 6.45) is 1.43. The van der Waals surface area contributed by atoms with Gasteiger partial charge in [-0.05, 0) is 61.4 Å². The highest BCUT2D eigenvalue weighted by atomic mass is 16.5. The average molecular weight is 501 g/mol. The second kappa shape index (κ2) is 10.6. The van der Waals surface area contributed by atoms with Crippen LogP contribution in [0.4, 0.5) is 5.69 Å². The predicted molar refractivity (Wildman–Crippen MR) is 142 cm³/mol. The number of hydrogen-bond acceptors (Lipinski definition) is 6. The Morgan fingerprint density at radius 3 is 2.14 bits per heavy atom. The summed E-state index contributed by atoms with van der Waals surface area (Å²) in [5.74, 6) is 0.646. The van der Waals surface area contributed by atoms with Gasteiger partial charge in [0.1, 0.15) is 12.3 Å². The summed E-state index contributed by atoms with van der Waals surface area (Å²) in [5.41, 5.74) is 2.91.